The molecule has 2 N–H and O–H groups in total. The van der Waals surface area contributed by atoms with Crippen LogP contribution in [0.4, 0.5) is 5.69 Å². The third-order valence-corrected chi connectivity index (χ3v) is 4.77. The zero-order valence-corrected chi connectivity index (χ0v) is 14.7. The molecular formula is C17H22N2O3S. The Morgan fingerprint density at radius 3 is 2.61 bits per heavy atom. The van der Waals surface area contributed by atoms with Gasteiger partial charge in [-0.05, 0) is 23.6 Å². The average molecular weight is 334 g/mol. The predicted octanol–water partition coefficient (Wildman–Crippen LogP) is 4.25. The highest BCUT2D eigenvalue weighted by Gasteiger charge is 2.25. The fourth-order valence-electron chi connectivity index (χ4n) is 2.38. The fraction of sp³-hybridized carbons (Fsp3) is 0.471. The molecule has 0 aliphatic carbocycles. The van der Waals surface area contributed by atoms with Gasteiger partial charge in [-0.2, -0.15) is 0 Å². The number of carboxylic acids is 1. The van der Waals surface area contributed by atoms with Crippen molar-refractivity contribution in [2.45, 2.75) is 46.5 Å². The molecule has 0 saturated heterocycles. The highest BCUT2D eigenvalue weighted by Crippen LogP contribution is 2.30. The van der Waals surface area contributed by atoms with E-state index < -0.39 is 11.4 Å². The molecule has 0 bridgehead atoms. The largest absolute Gasteiger partial charge is 0.481 e. The first kappa shape index (κ1) is 17.4. The van der Waals surface area contributed by atoms with Crippen molar-refractivity contribution in [3.63, 3.8) is 0 Å². The van der Waals surface area contributed by atoms with Gasteiger partial charge in [0.1, 0.15) is 0 Å². The summed E-state index contributed by atoms with van der Waals surface area (Å²) in [6, 6.07) is 5.64. The lowest BCUT2D eigenvalue weighted by molar-refractivity contribution is -0.139. The summed E-state index contributed by atoms with van der Waals surface area (Å²) in [7, 11) is 0. The molecule has 0 saturated carbocycles. The fourth-order valence-corrected chi connectivity index (χ4v) is 3.39. The Kier molecular flexibility index (Phi) is 5.04. The van der Waals surface area contributed by atoms with Crippen LogP contribution in [-0.4, -0.2) is 22.0 Å². The van der Waals surface area contributed by atoms with Crippen molar-refractivity contribution in [1.29, 1.82) is 0 Å². The Hall–Kier alpha value is -1.95. The van der Waals surface area contributed by atoms with Crippen molar-refractivity contribution < 1.29 is 14.7 Å². The number of benzene rings is 1. The monoisotopic (exact) mass is 334 g/mol. The van der Waals surface area contributed by atoms with Gasteiger partial charge in [0.2, 0.25) is 5.91 Å². The molecule has 5 nitrogen and oxygen atoms in total. The molecule has 0 unspecified atom stereocenters. The van der Waals surface area contributed by atoms with E-state index in [0.29, 0.717) is 11.6 Å². The number of nitrogens with one attached hydrogen (secondary N) is 1. The van der Waals surface area contributed by atoms with Crippen LogP contribution in [0.15, 0.2) is 18.2 Å². The number of anilines is 1. The summed E-state index contributed by atoms with van der Waals surface area (Å²) in [6.07, 6.45) is 0.128. The van der Waals surface area contributed by atoms with Crippen molar-refractivity contribution in [1.82, 2.24) is 4.98 Å². The van der Waals surface area contributed by atoms with Crippen LogP contribution in [0, 0.1) is 5.41 Å². The van der Waals surface area contributed by atoms with E-state index in [1.54, 1.807) is 25.2 Å². The van der Waals surface area contributed by atoms with Crippen molar-refractivity contribution in [3.8, 4) is 0 Å². The highest BCUT2D eigenvalue weighted by molar-refractivity contribution is 7.18. The predicted molar refractivity (Wildman–Crippen MR) is 93.0 cm³/mol. The molecule has 0 aliphatic heterocycles. The molecule has 0 radical (unpaired) electrons. The Balaban J connectivity index is 2.09. The van der Waals surface area contributed by atoms with Gasteiger partial charge in [-0.3, -0.25) is 9.59 Å². The van der Waals surface area contributed by atoms with Crippen LogP contribution in [0.2, 0.25) is 0 Å². The summed E-state index contributed by atoms with van der Waals surface area (Å²) in [5.41, 5.74) is 1.07. The van der Waals surface area contributed by atoms with E-state index in [1.807, 2.05) is 18.2 Å². The second kappa shape index (κ2) is 6.66. The lowest BCUT2D eigenvalue weighted by Crippen LogP contribution is -2.24. The van der Waals surface area contributed by atoms with E-state index in [0.717, 1.165) is 15.2 Å². The van der Waals surface area contributed by atoms with Crippen LogP contribution in [0.1, 0.15) is 51.5 Å². The Bertz CT molecular complexity index is 735. The lowest BCUT2D eigenvalue weighted by Gasteiger charge is -2.21. The average Bonchev–Trinajstić information content (AvgIpc) is 2.79. The molecule has 1 heterocycles. The number of amides is 1. The molecule has 1 amide bonds. The minimum absolute atomic E-state index is 0.0357. The molecule has 1 aromatic carbocycles. The van der Waals surface area contributed by atoms with E-state index >= 15 is 0 Å². The Labute approximate surface area is 139 Å². The van der Waals surface area contributed by atoms with Gasteiger partial charge >= 0.3 is 5.97 Å². The van der Waals surface area contributed by atoms with E-state index in [2.05, 4.69) is 24.1 Å². The molecule has 0 aliphatic rings. The Morgan fingerprint density at radius 2 is 2.00 bits per heavy atom. The number of carbonyl (C=O) groups excluding carboxylic acids is 1. The highest BCUT2D eigenvalue weighted by atomic mass is 32.1. The van der Waals surface area contributed by atoms with Crippen molar-refractivity contribution in [2.75, 3.05) is 5.32 Å². The first-order valence-electron chi connectivity index (χ1n) is 7.58. The smallest absolute Gasteiger partial charge is 0.303 e. The molecule has 6 heteroatoms. The van der Waals surface area contributed by atoms with Crippen LogP contribution >= 0.6 is 11.3 Å². The number of fused-ring (bicyclic) bond motifs is 1. The molecule has 2 rings (SSSR count). The third kappa shape index (κ3) is 4.76. The number of nitrogens with zero attached hydrogens (tertiary/aromatic N) is 1. The quantitative estimate of drug-likeness (QED) is 0.827. The number of hydrogen-bond acceptors (Lipinski definition) is 4. The number of aliphatic carboxylic acids is 1. The second-order valence-electron chi connectivity index (χ2n) is 6.85. The summed E-state index contributed by atoms with van der Waals surface area (Å²) >= 11 is 1.63. The van der Waals surface area contributed by atoms with E-state index in [9.17, 15) is 9.59 Å². The molecule has 0 fully saturated rings. The first-order chi connectivity index (χ1) is 10.7. The Morgan fingerprint density at radius 1 is 1.30 bits per heavy atom. The van der Waals surface area contributed by atoms with Gasteiger partial charge in [0.05, 0.1) is 21.6 Å². The molecular weight excluding hydrogens is 312 g/mol. The van der Waals surface area contributed by atoms with Gasteiger partial charge in [-0.25, -0.2) is 4.98 Å². The van der Waals surface area contributed by atoms with Gasteiger partial charge in [-0.15, -0.1) is 11.3 Å². The van der Waals surface area contributed by atoms with Crippen molar-refractivity contribution in [3.05, 3.63) is 23.2 Å². The molecule has 23 heavy (non-hydrogen) atoms. The molecule has 0 spiro atoms. The maximum absolute atomic E-state index is 12.1. The normalized spacial score (nSPS) is 11.9. The minimum atomic E-state index is -0.893. The van der Waals surface area contributed by atoms with E-state index in [-0.39, 0.29) is 18.7 Å². The van der Waals surface area contributed by atoms with Gasteiger partial charge in [0.25, 0.3) is 0 Å². The minimum Gasteiger partial charge on any atom is -0.481 e. The number of carbonyl (C=O) groups is 2. The topological polar surface area (TPSA) is 79.3 Å². The lowest BCUT2D eigenvalue weighted by atomic mass is 9.85. The van der Waals surface area contributed by atoms with Crippen molar-refractivity contribution >= 4 is 39.1 Å². The maximum atomic E-state index is 12.1. The van der Waals surface area contributed by atoms with E-state index in [4.69, 9.17) is 5.11 Å². The van der Waals surface area contributed by atoms with Gasteiger partial charge in [0.15, 0.2) is 0 Å². The summed E-state index contributed by atoms with van der Waals surface area (Å²) < 4.78 is 1.04. The maximum Gasteiger partial charge on any atom is 0.303 e. The summed E-state index contributed by atoms with van der Waals surface area (Å²) in [5.74, 6) is -0.693. The summed E-state index contributed by atoms with van der Waals surface area (Å²) in [4.78, 5) is 27.5. The number of aromatic nitrogens is 1. The number of carboxylic acid groups (broad SMARTS) is 1. The van der Waals surface area contributed by atoms with Gasteiger partial charge < -0.3 is 10.4 Å². The summed E-state index contributed by atoms with van der Waals surface area (Å²) in [5, 5.41) is 12.8. The van der Waals surface area contributed by atoms with Crippen LogP contribution < -0.4 is 5.32 Å². The van der Waals surface area contributed by atoms with Crippen molar-refractivity contribution in [2.24, 2.45) is 5.41 Å². The van der Waals surface area contributed by atoms with Crippen LogP contribution in [0.25, 0.3) is 10.2 Å². The standard InChI is InChI=1S/C17H22N2O3S/c1-10(2)16-19-12-6-5-11(7-13(12)23-16)18-14(20)8-17(3,4)9-15(21)22/h5-7,10H,8-9H2,1-4H3,(H,18,20)(H,21,22). The molecule has 0 atom stereocenters. The number of hydrogen-bond donors (Lipinski definition) is 2. The van der Waals surface area contributed by atoms with Crippen LogP contribution in [0.5, 0.6) is 0 Å². The molecule has 2 aromatic rings. The third-order valence-electron chi connectivity index (χ3n) is 3.45. The number of rotatable bonds is 6. The van der Waals surface area contributed by atoms with Gasteiger partial charge in [-0.1, -0.05) is 27.7 Å². The molecule has 1 aromatic heterocycles. The zero-order chi connectivity index (χ0) is 17.2. The SMILES string of the molecule is CC(C)c1nc2ccc(NC(=O)CC(C)(C)CC(=O)O)cc2s1. The summed E-state index contributed by atoms with van der Waals surface area (Å²) in [6.45, 7) is 7.76. The van der Waals surface area contributed by atoms with Gasteiger partial charge in [0, 0.05) is 18.0 Å². The molecule has 124 valence electrons. The zero-order valence-electron chi connectivity index (χ0n) is 13.8. The number of thiazole rings is 1. The van der Waals surface area contributed by atoms with Crippen LogP contribution in [-0.2, 0) is 9.59 Å². The van der Waals surface area contributed by atoms with Crippen LogP contribution in [0.3, 0.4) is 0 Å². The second-order valence-corrected chi connectivity index (χ2v) is 7.91. The van der Waals surface area contributed by atoms with E-state index in [1.165, 1.54) is 0 Å². The first-order valence-corrected chi connectivity index (χ1v) is 8.40.